The van der Waals surface area contributed by atoms with Crippen molar-refractivity contribution in [2.75, 3.05) is 18.0 Å². The first kappa shape index (κ1) is 16.8. The van der Waals surface area contributed by atoms with E-state index in [9.17, 15) is 4.39 Å². The van der Waals surface area contributed by atoms with Crippen molar-refractivity contribution in [3.63, 3.8) is 0 Å². The fraction of sp³-hybridized carbons (Fsp3) is 0.647. The van der Waals surface area contributed by atoms with Gasteiger partial charge in [-0.3, -0.25) is 0 Å². The third-order valence-corrected chi connectivity index (χ3v) is 5.11. The zero-order valence-electron chi connectivity index (χ0n) is 13.6. The molecule has 0 aromatic heterocycles. The summed E-state index contributed by atoms with van der Waals surface area (Å²) in [5.41, 5.74) is 2.15. The van der Waals surface area contributed by atoms with Crippen molar-refractivity contribution in [1.82, 2.24) is 5.32 Å². The second kappa shape index (κ2) is 6.66. The second-order valence-electron chi connectivity index (χ2n) is 6.78. The Hall–Kier alpha value is -0.610. The molecule has 1 aromatic rings. The summed E-state index contributed by atoms with van der Waals surface area (Å²) in [6.45, 7) is 12.9. The Balaban J connectivity index is 2.38. The maximum Gasteiger partial charge on any atom is 0.139 e. The largest absolute Gasteiger partial charge is 0.365 e. The van der Waals surface area contributed by atoms with E-state index in [2.05, 4.69) is 60.8 Å². The van der Waals surface area contributed by atoms with Crippen molar-refractivity contribution in [3.8, 4) is 0 Å². The topological polar surface area (TPSA) is 15.3 Å². The number of rotatable bonds is 3. The molecule has 4 heteroatoms. The number of aryl methyl sites for hydroxylation is 1. The molecule has 21 heavy (non-hydrogen) atoms. The van der Waals surface area contributed by atoms with Crippen molar-refractivity contribution in [2.45, 2.75) is 46.7 Å². The van der Waals surface area contributed by atoms with E-state index in [1.165, 1.54) is 0 Å². The third kappa shape index (κ3) is 3.59. The molecule has 1 saturated heterocycles. The Bertz CT molecular complexity index is 502. The molecule has 2 atom stereocenters. The Morgan fingerprint density at radius 2 is 1.90 bits per heavy atom. The van der Waals surface area contributed by atoms with Crippen LogP contribution in [0.25, 0.3) is 0 Å². The number of nitrogens with zero attached hydrogens (tertiary/aromatic N) is 1. The van der Waals surface area contributed by atoms with Gasteiger partial charge in [-0.05, 0) is 52.4 Å². The van der Waals surface area contributed by atoms with E-state index in [1.807, 2.05) is 6.07 Å². The summed E-state index contributed by atoms with van der Waals surface area (Å²) in [6, 6.07) is 4.41. The highest BCUT2D eigenvalue weighted by molar-refractivity contribution is 9.10. The van der Waals surface area contributed by atoms with Gasteiger partial charge in [-0.25, -0.2) is 4.39 Å². The molecule has 2 nitrogen and oxygen atoms in total. The first-order chi connectivity index (χ1) is 9.81. The summed E-state index contributed by atoms with van der Waals surface area (Å²) in [5, 5.41) is 3.65. The van der Waals surface area contributed by atoms with E-state index < -0.39 is 0 Å². The van der Waals surface area contributed by atoms with Crippen LogP contribution < -0.4 is 10.2 Å². The molecule has 2 unspecified atom stereocenters. The predicted molar refractivity (Wildman–Crippen MR) is 91.4 cm³/mol. The summed E-state index contributed by atoms with van der Waals surface area (Å²) in [6.07, 6.45) is 0. The fourth-order valence-corrected chi connectivity index (χ4v) is 3.52. The van der Waals surface area contributed by atoms with E-state index in [0.717, 1.165) is 24.3 Å². The molecule has 1 heterocycles. The lowest BCUT2D eigenvalue weighted by atomic mass is 9.93. The van der Waals surface area contributed by atoms with Crippen LogP contribution in [0.5, 0.6) is 0 Å². The lowest BCUT2D eigenvalue weighted by molar-refractivity contribution is 0.295. The molecule has 1 aliphatic rings. The highest BCUT2D eigenvalue weighted by Crippen LogP contribution is 2.31. The molecule has 1 fully saturated rings. The molecule has 0 aliphatic carbocycles. The Morgan fingerprint density at radius 1 is 1.24 bits per heavy atom. The number of halogens is 2. The number of hydrogen-bond donors (Lipinski definition) is 1. The highest BCUT2D eigenvalue weighted by atomic mass is 79.9. The normalized spacial score (nSPS) is 23.2. The van der Waals surface area contributed by atoms with E-state index in [4.69, 9.17) is 0 Å². The van der Waals surface area contributed by atoms with E-state index in [1.54, 1.807) is 6.07 Å². The molecule has 1 N–H and O–H groups in total. The van der Waals surface area contributed by atoms with Crippen LogP contribution in [0, 0.1) is 24.6 Å². The zero-order valence-corrected chi connectivity index (χ0v) is 15.2. The molecule has 1 aliphatic heterocycles. The first-order valence-corrected chi connectivity index (χ1v) is 8.56. The SMILES string of the molecule is Cc1cc(Br)c(F)cc1N1CC(C(C)C)NCC1C(C)C. The van der Waals surface area contributed by atoms with Crippen LogP contribution >= 0.6 is 15.9 Å². The third-order valence-electron chi connectivity index (χ3n) is 4.51. The number of piperazine rings is 1. The molecule has 0 saturated carbocycles. The zero-order chi connectivity index (χ0) is 15.7. The van der Waals surface area contributed by atoms with Gasteiger partial charge in [-0.2, -0.15) is 0 Å². The maximum absolute atomic E-state index is 14.0. The smallest absolute Gasteiger partial charge is 0.139 e. The van der Waals surface area contributed by atoms with Crippen LogP contribution in [0.4, 0.5) is 10.1 Å². The van der Waals surface area contributed by atoms with Crippen molar-refractivity contribution in [2.24, 2.45) is 11.8 Å². The van der Waals surface area contributed by atoms with Crippen LogP contribution in [-0.4, -0.2) is 25.2 Å². The molecule has 0 bridgehead atoms. The summed E-state index contributed by atoms with van der Waals surface area (Å²) in [4.78, 5) is 2.40. The minimum atomic E-state index is -0.183. The number of benzene rings is 1. The van der Waals surface area contributed by atoms with Gasteiger partial charge in [0.15, 0.2) is 0 Å². The molecular formula is C17H26BrFN2. The van der Waals surface area contributed by atoms with Gasteiger partial charge in [-0.15, -0.1) is 0 Å². The van der Waals surface area contributed by atoms with Crippen LogP contribution in [0.15, 0.2) is 16.6 Å². The Kier molecular flexibility index (Phi) is 5.31. The van der Waals surface area contributed by atoms with Crippen LogP contribution in [0.2, 0.25) is 0 Å². The summed E-state index contributed by atoms with van der Waals surface area (Å²) < 4.78 is 14.6. The quantitative estimate of drug-likeness (QED) is 0.865. The van der Waals surface area contributed by atoms with Crippen LogP contribution in [-0.2, 0) is 0 Å². The van der Waals surface area contributed by atoms with Gasteiger partial charge < -0.3 is 10.2 Å². The van der Waals surface area contributed by atoms with Crippen molar-refractivity contribution in [3.05, 3.63) is 28.0 Å². The van der Waals surface area contributed by atoms with Crippen molar-refractivity contribution >= 4 is 21.6 Å². The van der Waals surface area contributed by atoms with E-state index in [-0.39, 0.29) is 5.82 Å². The molecule has 0 amide bonds. The summed E-state index contributed by atoms with van der Waals surface area (Å²) in [7, 11) is 0. The minimum Gasteiger partial charge on any atom is -0.365 e. The standard InChI is InChI=1S/C17H26BrFN2/c1-10(2)15-9-21(17(8-20-15)11(3)4)16-7-14(19)13(18)6-12(16)5/h6-7,10-11,15,17,20H,8-9H2,1-5H3. The fourth-order valence-electron chi connectivity index (χ4n) is 3.06. The van der Waals surface area contributed by atoms with Gasteiger partial charge in [0.25, 0.3) is 0 Å². The Labute approximate surface area is 136 Å². The van der Waals surface area contributed by atoms with Crippen LogP contribution in [0.1, 0.15) is 33.3 Å². The molecule has 0 radical (unpaired) electrons. The lowest BCUT2D eigenvalue weighted by Crippen LogP contribution is -2.60. The second-order valence-corrected chi connectivity index (χ2v) is 7.63. The molecule has 118 valence electrons. The number of hydrogen-bond acceptors (Lipinski definition) is 2. The van der Waals surface area contributed by atoms with Crippen molar-refractivity contribution < 1.29 is 4.39 Å². The van der Waals surface area contributed by atoms with Gasteiger partial charge in [0.1, 0.15) is 5.82 Å². The van der Waals surface area contributed by atoms with Gasteiger partial charge >= 0.3 is 0 Å². The van der Waals surface area contributed by atoms with Gasteiger partial charge in [0.2, 0.25) is 0 Å². The van der Waals surface area contributed by atoms with Gasteiger partial charge in [0, 0.05) is 30.9 Å². The average molecular weight is 357 g/mol. The number of anilines is 1. The summed E-state index contributed by atoms with van der Waals surface area (Å²) in [5.74, 6) is 0.913. The van der Waals surface area contributed by atoms with Gasteiger partial charge in [-0.1, -0.05) is 27.7 Å². The van der Waals surface area contributed by atoms with Gasteiger partial charge in [0.05, 0.1) is 4.47 Å². The molecule has 1 aromatic carbocycles. The van der Waals surface area contributed by atoms with E-state index in [0.29, 0.717) is 28.4 Å². The molecular weight excluding hydrogens is 331 g/mol. The van der Waals surface area contributed by atoms with Crippen LogP contribution in [0.3, 0.4) is 0 Å². The monoisotopic (exact) mass is 356 g/mol. The molecule has 0 spiro atoms. The summed E-state index contributed by atoms with van der Waals surface area (Å²) >= 11 is 3.28. The lowest BCUT2D eigenvalue weighted by Gasteiger charge is -2.45. The number of nitrogens with one attached hydrogen (secondary N) is 1. The van der Waals surface area contributed by atoms with E-state index >= 15 is 0 Å². The predicted octanol–water partition coefficient (Wildman–Crippen LogP) is 4.36. The average Bonchev–Trinajstić information content (AvgIpc) is 2.42. The Morgan fingerprint density at radius 3 is 2.48 bits per heavy atom. The van der Waals surface area contributed by atoms with Crippen molar-refractivity contribution in [1.29, 1.82) is 0 Å². The first-order valence-electron chi connectivity index (χ1n) is 7.77. The maximum atomic E-state index is 14.0. The molecule has 2 rings (SSSR count). The highest BCUT2D eigenvalue weighted by Gasteiger charge is 2.32. The minimum absolute atomic E-state index is 0.183.